The number of nitrogens with one attached hydrogen (secondary N) is 1. The quantitative estimate of drug-likeness (QED) is 0.416. The van der Waals surface area contributed by atoms with Crippen molar-refractivity contribution in [2.24, 2.45) is 0 Å². The molecule has 1 fully saturated rings. The molecule has 1 rings (SSSR count). The Morgan fingerprint density at radius 2 is 2.20 bits per heavy atom. The van der Waals surface area contributed by atoms with Crippen molar-refractivity contribution in [3.05, 3.63) is 0 Å². The Morgan fingerprint density at radius 3 is 2.60 bits per heavy atom. The summed E-state index contributed by atoms with van der Waals surface area (Å²) in [6.07, 6.45) is 0. The van der Waals surface area contributed by atoms with Crippen LogP contribution in [0.25, 0.3) is 0 Å². The molecule has 0 spiro atoms. The van der Waals surface area contributed by atoms with E-state index < -0.39 is 5.60 Å². The van der Waals surface area contributed by atoms with Gasteiger partial charge in [0.1, 0.15) is 5.60 Å². The topological polar surface area (TPSA) is 61.7 Å². The predicted octanol–water partition coefficient (Wildman–Crippen LogP) is -1.67. The van der Waals surface area contributed by atoms with E-state index in [4.69, 9.17) is 9.84 Å². The monoisotopic (exact) mass is 147 g/mol. The summed E-state index contributed by atoms with van der Waals surface area (Å²) in [5, 5.41) is 20.6. The molecule has 0 aliphatic carbocycles. The molecule has 0 aromatic rings. The lowest BCUT2D eigenvalue weighted by Crippen LogP contribution is -2.62. The number of rotatable bonds is 4. The molecule has 0 amide bonds. The van der Waals surface area contributed by atoms with Gasteiger partial charge in [-0.25, -0.2) is 0 Å². The molecule has 0 aromatic heterocycles. The smallest absolute Gasteiger partial charge is 0.113 e. The third kappa shape index (κ3) is 1.91. The first-order valence-corrected chi connectivity index (χ1v) is 3.38. The first-order chi connectivity index (χ1) is 4.77. The largest absolute Gasteiger partial charge is 0.394 e. The summed E-state index contributed by atoms with van der Waals surface area (Å²) in [6.45, 7) is 1.84. The maximum Gasteiger partial charge on any atom is 0.113 e. The van der Waals surface area contributed by atoms with Crippen LogP contribution in [0.5, 0.6) is 0 Å². The molecule has 60 valence electrons. The molecule has 1 saturated heterocycles. The number of aliphatic hydroxyl groups is 2. The van der Waals surface area contributed by atoms with Gasteiger partial charge in [-0.05, 0) is 0 Å². The van der Waals surface area contributed by atoms with Crippen LogP contribution in [0.1, 0.15) is 0 Å². The normalized spacial score (nSPS) is 22.2. The number of aliphatic hydroxyl groups excluding tert-OH is 1. The molecule has 0 aromatic carbocycles. The maximum absolute atomic E-state index is 9.37. The molecule has 0 unspecified atom stereocenters. The van der Waals surface area contributed by atoms with Gasteiger partial charge in [0, 0.05) is 13.1 Å². The van der Waals surface area contributed by atoms with Crippen LogP contribution in [-0.4, -0.2) is 48.7 Å². The van der Waals surface area contributed by atoms with Gasteiger partial charge in [-0.3, -0.25) is 0 Å². The summed E-state index contributed by atoms with van der Waals surface area (Å²) >= 11 is 0. The Morgan fingerprint density at radius 1 is 1.50 bits per heavy atom. The van der Waals surface area contributed by atoms with Crippen LogP contribution in [0.15, 0.2) is 0 Å². The summed E-state index contributed by atoms with van der Waals surface area (Å²) in [4.78, 5) is 0. The van der Waals surface area contributed by atoms with E-state index in [0.717, 1.165) is 0 Å². The van der Waals surface area contributed by atoms with Crippen LogP contribution in [0, 0.1) is 0 Å². The SMILES string of the molecule is OCCOCC1(O)CNC1. The minimum atomic E-state index is -0.671. The summed E-state index contributed by atoms with van der Waals surface area (Å²) in [7, 11) is 0. The Bertz CT molecular complexity index is 103. The Balaban J connectivity index is 2.01. The summed E-state index contributed by atoms with van der Waals surface area (Å²) in [6, 6.07) is 0. The van der Waals surface area contributed by atoms with Crippen LogP contribution >= 0.6 is 0 Å². The van der Waals surface area contributed by atoms with E-state index >= 15 is 0 Å². The number of β-amino-alcohol motifs (C(OH)–C–C–N with tert-alkyl or cyclic N) is 1. The van der Waals surface area contributed by atoms with Gasteiger partial charge in [0.15, 0.2) is 0 Å². The second kappa shape index (κ2) is 3.30. The minimum absolute atomic E-state index is 0.0174. The van der Waals surface area contributed by atoms with Gasteiger partial charge >= 0.3 is 0 Å². The van der Waals surface area contributed by atoms with E-state index in [2.05, 4.69) is 5.32 Å². The maximum atomic E-state index is 9.37. The fourth-order valence-electron chi connectivity index (χ4n) is 0.842. The lowest BCUT2D eigenvalue weighted by molar-refractivity contribution is -0.0821. The average Bonchev–Trinajstić information content (AvgIpc) is 1.85. The molecule has 4 heteroatoms. The van der Waals surface area contributed by atoms with Crippen molar-refractivity contribution in [3.63, 3.8) is 0 Å². The van der Waals surface area contributed by atoms with Crippen molar-refractivity contribution in [2.75, 3.05) is 32.9 Å². The third-order valence-corrected chi connectivity index (χ3v) is 1.51. The molecule has 0 atom stereocenters. The van der Waals surface area contributed by atoms with Crippen LogP contribution in [0.3, 0.4) is 0 Å². The van der Waals surface area contributed by atoms with E-state index in [0.29, 0.717) is 26.3 Å². The van der Waals surface area contributed by atoms with Crippen molar-refractivity contribution in [1.82, 2.24) is 5.32 Å². The second-order valence-corrected chi connectivity index (χ2v) is 2.60. The minimum Gasteiger partial charge on any atom is -0.394 e. The van der Waals surface area contributed by atoms with E-state index in [9.17, 15) is 5.11 Å². The van der Waals surface area contributed by atoms with Crippen LogP contribution < -0.4 is 5.32 Å². The van der Waals surface area contributed by atoms with Crippen LogP contribution in [0.2, 0.25) is 0 Å². The van der Waals surface area contributed by atoms with Gasteiger partial charge in [0.2, 0.25) is 0 Å². The zero-order valence-corrected chi connectivity index (χ0v) is 5.84. The standard InChI is InChI=1S/C6H13NO3/c8-1-2-10-5-6(9)3-7-4-6/h7-9H,1-5H2. The van der Waals surface area contributed by atoms with Crippen molar-refractivity contribution in [3.8, 4) is 0 Å². The highest BCUT2D eigenvalue weighted by molar-refractivity contribution is 4.92. The summed E-state index contributed by atoms with van der Waals surface area (Å²) in [5.74, 6) is 0. The van der Waals surface area contributed by atoms with Crippen molar-refractivity contribution in [1.29, 1.82) is 0 Å². The number of hydrogen-bond donors (Lipinski definition) is 3. The Labute approximate surface area is 59.8 Å². The van der Waals surface area contributed by atoms with Gasteiger partial charge in [-0.15, -0.1) is 0 Å². The Hall–Kier alpha value is -0.160. The molecule has 1 heterocycles. The molecule has 0 saturated carbocycles. The summed E-state index contributed by atoms with van der Waals surface area (Å²) < 4.78 is 4.95. The fourth-order valence-corrected chi connectivity index (χ4v) is 0.842. The molecule has 1 aliphatic heterocycles. The molecule has 10 heavy (non-hydrogen) atoms. The highest BCUT2D eigenvalue weighted by Crippen LogP contribution is 2.09. The lowest BCUT2D eigenvalue weighted by Gasteiger charge is -2.36. The van der Waals surface area contributed by atoms with Crippen molar-refractivity contribution >= 4 is 0 Å². The first-order valence-electron chi connectivity index (χ1n) is 3.38. The van der Waals surface area contributed by atoms with E-state index in [1.807, 2.05) is 0 Å². The van der Waals surface area contributed by atoms with Crippen LogP contribution in [0.4, 0.5) is 0 Å². The van der Waals surface area contributed by atoms with Gasteiger partial charge in [-0.1, -0.05) is 0 Å². The molecule has 0 bridgehead atoms. The lowest BCUT2D eigenvalue weighted by atomic mass is 9.99. The highest BCUT2D eigenvalue weighted by Gasteiger charge is 2.34. The molecule has 3 N–H and O–H groups in total. The number of hydrogen-bond acceptors (Lipinski definition) is 4. The van der Waals surface area contributed by atoms with Gasteiger partial charge < -0.3 is 20.3 Å². The zero-order valence-electron chi connectivity index (χ0n) is 5.84. The van der Waals surface area contributed by atoms with E-state index in [1.165, 1.54) is 0 Å². The molecular formula is C6H13NO3. The molecule has 0 radical (unpaired) electrons. The van der Waals surface area contributed by atoms with E-state index in [-0.39, 0.29) is 6.61 Å². The first kappa shape index (κ1) is 7.94. The summed E-state index contributed by atoms with van der Waals surface area (Å²) in [5.41, 5.74) is -0.671. The van der Waals surface area contributed by atoms with Crippen molar-refractivity contribution in [2.45, 2.75) is 5.60 Å². The van der Waals surface area contributed by atoms with E-state index in [1.54, 1.807) is 0 Å². The van der Waals surface area contributed by atoms with Crippen molar-refractivity contribution < 1.29 is 14.9 Å². The molecular weight excluding hydrogens is 134 g/mol. The number of ether oxygens (including phenoxy) is 1. The van der Waals surface area contributed by atoms with Gasteiger partial charge in [-0.2, -0.15) is 0 Å². The van der Waals surface area contributed by atoms with Crippen LogP contribution in [-0.2, 0) is 4.74 Å². The predicted molar refractivity (Wildman–Crippen MR) is 35.7 cm³/mol. The molecule has 1 aliphatic rings. The zero-order chi connectivity index (χ0) is 7.45. The third-order valence-electron chi connectivity index (χ3n) is 1.51. The Kier molecular flexibility index (Phi) is 2.62. The fraction of sp³-hybridized carbons (Fsp3) is 1.00. The second-order valence-electron chi connectivity index (χ2n) is 2.60. The molecule has 4 nitrogen and oxygen atoms in total. The average molecular weight is 147 g/mol. The van der Waals surface area contributed by atoms with Gasteiger partial charge in [0.05, 0.1) is 19.8 Å². The highest BCUT2D eigenvalue weighted by atomic mass is 16.5. The van der Waals surface area contributed by atoms with Gasteiger partial charge in [0.25, 0.3) is 0 Å².